The number of amides is 1. The molecule has 8 nitrogen and oxygen atoms in total. The highest BCUT2D eigenvalue weighted by atomic mass is 79.9. The van der Waals surface area contributed by atoms with Crippen LogP contribution in [0.3, 0.4) is 0 Å². The summed E-state index contributed by atoms with van der Waals surface area (Å²) in [4.78, 5) is 19.9. The Morgan fingerprint density at radius 2 is 2.29 bits per heavy atom. The number of nitrogens with one attached hydrogen (secondary N) is 1. The van der Waals surface area contributed by atoms with E-state index in [1.54, 1.807) is 16.8 Å². The molecule has 0 aromatic carbocycles. The third-order valence-electron chi connectivity index (χ3n) is 3.53. The Morgan fingerprint density at radius 1 is 1.50 bits per heavy atom. The van der Waals surface area contributed by atoms with Gasteiger partial charge in [0.15, 0.2) is 0 Å². The molecule has 0 radical (unpaired) electrons. The highest BCUT2D eigenvalue weighted by molar-refractivity contribution is 9.10. The minimum absolute atomic E-state index is 0.101. The molecule has 2 aromatic rings. The Morgan fingerprint density at radius 3 is 2.96 bits per heavy atom. The summed E-state index contributed by atoms with van der Waals surface area (Å²) < 4.78 is 2.53. The molecule has 1 amide bonds. The molecule has 3 heterocycles. The zero-order chi connectivity index (χ0) is 17.3. The van der Waals surface area contributed by atoms with Gasteiger partial charge in [0.2, 0.25) is 12.3 Å². The summed E-state index contributed by atoms with van der Waals surface area (Å²) in [6.07, 6.45) is 3.61. The van der Waals surface area contributed by atoms with Gasteiger partial charge in [-0.2, -0.15) is 5.10 Å². The monoisotopic (exact) mass is 392 g/mol. The van der Waals surface area contributed by atoms with Crippen LogP contribution >= 0.6 is 15.9 Å². The van der Waals surface area contributed by atoms with Crippen molar-refractivity contribution in [2.24, 2.45) is 11.0 Å². The number of aliphatic hydroxyl groups excluding tert-OH is 1. The van der Waals surface area contributed by atoms with Gasteiger partial charge in [-0.15, -0.1) is 0 Å². The number of anilines is 1. The third kappa shape index (κ3) is 3.31. The van der Waals surface area contributed by atoms with Crippen molar-refractivity contribution in [3.63, 3.8) is 0 Å². The SMILES string of the molecule is CC(C)C1=NN(CC(=O)Nc2ccncn2)C(O)n2cc(Br)cc21. The summed E-state index contributed by atoms with van der Waals surface area (Å²) in [6, 6.07) is 3.49. The van der Waals surface area contributed by atoms with Crippen LogP contribution < -0.4 is 5.32 Å². The first-order valence-corrected chi connectivity index (χ1v) is 8.22. The van der Waals surface area contributed by atoms with Gasteiger partial charge in [0.05, 0.1) is 11.4 Å². The highest BCUT2D eigenvalue weighted by Gasteiger charge is 2.29. The van der Waals surface area contributed by atoms with Crippen LogP contribution in [0.5, 0.6) is 0 Å². The Hall–Kier alpha value is -2.26. The average Bonchev–Trinajstić information content (AvgIpc) is 2.92. The minimum atomic E-state index is -1.05. The number of aromatic nitrogens is 3. The standard InChI is InChI=1S/C15H17BrN6O2/c1-9(2)14-11-5-10(16)6-21(11)15(24)22(20-14)7-13(23)19-12-3-4-17-8-18-12/h3-6,8-9,15,24H,7H2,1-2H3,(H,17,18,19,23). The number of fused-ring (bicyclic) bond motifs is 1. The Bertz CT molecular complexity index is 774. The van der Waals surface area contributed by atoms with Crippen molar-refractivity contribution in [1.82, 2.24) is 19.5 Å². The number of carbonyl (C=O) groups excluding carboxylic acids is 1. The number of halogens is 1. The zero-order valence-corrected chi connectivity index (χ0v) is 14.8. The second-order valence-corrected chi connectivity index (χ2v) is 6.59. The molecule has 1 aliphatic heterocycles. The molecule has 24 heavy (non-hydrogen) atoms. The van der Waals surface area contributed by atoms with Crippen molar-refractivity contribution in [3.8, 4) is 0 Å². The van der Waals surface area contributed by atoms with Gasteiger partial charge >= 0.3 is 0 Å². The predicted molar refractivity (Wildman–Crippen MR) is 92.1 cm³/mol. The minimum Gasteiger partial charge on any atom is -0.355 e. The van der Waals surface area contributed by atoms with Crippen LogP contribution in [0.1, 0.15) is 25.9 Å². The van der Waals surface area contributed by atoms with Crippen molar-refractivity contribution in [3.05, 3.63) is 41.0 Å². The molecule has 0 aliphatic carbocycles. The van der Waals surface area contributed by atoms with Crippen LogP contribution in [0.2, 0.25) is 0 Å². The number of carbonyl (C=O) groups is 1. The lowest BCUT2D eigenvalue weighted by molar-refractivity contribution is -0.124. The lowest BCUT2D eigenvalue weighted by Gasteiger charge is -2.32. The molecule has 3 rings (SSSR count). The number of rotatable bonds is 4. The fourth-order valence-electron chi connectivity index (χ4n) is 2.45. The van der Waals surface area contributed by atoms with E-state index < -0.39 is 6.35 Å². The van der Waals surface area contributed by atoms with E-state index in [-0.39, 0.29) is 18.4 Å². The second kappa shape index (κ2) is 6.70. The third-order valence-corrected chi connectivity index (χ3v) is 3.96. The maximum absolute atomic E-state index is 12.2. The number of nitrogens with zero attached hydrogens (tertiary/aromatic N) is 5. The Kier molecular flexibility index (Phi) is 4.63. The van der Waals surface area contributed by atoms with E-state index in [9.17, 15) is 9.90 Å². The van der Waals surface area contributed by atoms with Gasteiger partial charge in [-0.05, 0) is 34.0 Å². The van der Waals surface area contributed by atoms with Crippen LogP contribution in [0.25, 0.3) is 0 Å². The van der Waals surface area contributed by atoms with Crippen molar-refractivity contribution in [2.45, 2.75) is 20.2 Å². The van der Waals surface area contributed by atoms with Crippen LogP contribution in [0.15, 0.2) is 40.4 Å². The van der Waals surface area contributed by atoms with Gasteiger partial charge in [-0.3, -0.25) is 4.79 Å². The molecule has 0 bridgehead atoms. The molecule has 9 heteroatoms. The van der Waals surface area contributed by atoms with E-state index in [1.165, 1.54) is 17.5 Å². The molecule has 0 fully saturated rings. The lowest BCUT2D eigenvalue weighted by atomic mass is 10.1. The van der Waals surface area contributed by atoms with Gasteiger partial charge in [0.1, 0.15) is 18.7 Å². The quantitative estimate of drug-likeness (QED) is 0.826. The van der Waals surface area contributed by atoms with Crippen molar-refractivity contribution in [2.75, 3.05) is 11.9 Å². The largest absolute Gasteiger partial charge is 0.355 e. The van der Waals surface area contributed by atoms with E-state index >= 15 is 0 Å². The molecule has 1 unspecified atom stereocenters. The molecule has 0 spiro atoms. The van der Waals surface area contributed by atoms with E-state index in [0.29, 0.717) is 5.82 Å². The summed E-state index contributed by atoms with van der Waals surface area (Å²) in [7, 11) is 0. The number of aliphatic hydroxyl groups is 1. The first-order chi connectivity index (χ1) is 11.5. The number of hydrogen-bond donors (Lipinski definition) is 2. The maximum Gasteiger partial charge on any atom is 0.247 e. The highest BCUT2D eigenvalue weighted by Crippen LogP contribution is 2.28. The van der Waals surface area contributed by atoms with Gasteiger partial charge in [-0.25, -0.2) is 15.0 Å². The zero-order valence-electron chi connectivity index (χ0n) is 13.2. The number of hydrazone groups is 1. The summed E-state index contributed by atoms with van der Waals surface area (Å²) in [5.74, 6) is 0.221. The van der Waals surface area contributed by atoms with Gasteiger partial charge in [0, 0.05) is 16.9 Å². The molecule has 1 aliphatic rings. The maximum atomic E-state index is 12.2. The van der Waals surface area contributed by atoms with Crippen molar-refractivity contribution >= 4 is 33.4 Å². The van der Waals surface area contributed by atoms with E-state index in [1.807, 2.05) is 19.9 Å². The molecule has 2 N–H and O–H groups in total. The summed E-state index contributed by atoms with van der Waals surface area (Å²) >= 11 is 3.41. The fourth-order valence-corrected chi connectivity index (χ4v) is 2.89. The van der Waals surface area contributed by atoms with Gasteiger partial charge in [-0.1, -0.05) is 13.8 Å². The van der Waals surface area contributed by atoms with Crippen molar-refractivity contribution in [1.29, 1.82) is 0 Å². The van der Waals surface area contributed by atoms with Gasteiger partial charge < -0.3 is 15.0 Å². The smallest absolute Gasteiger partial charge is 0.247 e. The first-order valence-electron chi connectivity index (χ1n) is 7.42. The second-order valence-electron chi connectivity index (χ2n) is 5.68. The molecule has 0 saturated heterocycles. The summed E-state index contributed by atoms with van der Waals surface area (Å²) in [5, 5.41) is 19.0. The van der Waals surface area contributed by atoms with E-state index in [4.69, 9.17) is 0 Å². The summed E-state index contributed by atoms with van der Waals surface area (Å²) in [6.45, 7) is 3.93. The first kappa shape index (κ1) is 16.6. The van der Waals surface area contributed by atoms with Crippen molar-refractivity contribution < 1.29 is 9.90 Å². The topological polar surface area (TPSA) is 95.6 Å². The molecular formula is C15H17BrN6O2. The molecule has 1 atom stereocenters. The normalized spacial score (nSPS) is 16.8. The van der Waals surface area contributed by atoms with Crippen LogP contribution in [-0.4, -0.2) is 42.8 Å². The summed E-state index contributed by atoms with van der Waals surface area (Å²) in [5.41, 5.74) is 1.64. The Balaban J connectivity index is 1.80. The van der Waals surface area contributed by atoms with E-state index in [2.05, 4.69) is 36.3 Å². The molecule has 2 aromatic heterocycles. The van der Waals surface area contributed by atoms with Crippen LogP contribution in [0.4, 0.5) is 5.82 Å². The van der Waals surface area contributed by atoms with E-state index in [0.717, 1.165) is 15.9 Å². The van der Waals surface area contributed by atoms with Crippen LogP contribution in [0, 0.1) is 5.92 Å². The van der Waals surface area contributed by atoms with Gasteiger partial charge in [0.25, 0.3) is 0 Å². The molecule has 0 saturated carbocycles. The molecule has 126 valence electrons. The van der Waals surface area contributed by atoms with Crippen LogP contribution in [-0.2, 0) is 4.79 Å². The molecular weight excluding hydrogens is 376 g/mol. The Labute approximate surface area is 147 Å². The predicted octanol–water partition coefficient (Wildman–Crippen LogP) is 1.80. The average molecular weight is 393 g/mol. The lowest BCUT2D eigenvalue weighted by Crippen LogP contribution is -2.40. The fraction of sp³-hybridized carbons (Fsp3) is 0.333. The number of hydrogen-bond acceptors (Lipinski definition) is 6.